The molecule has 0 rings (SSSR count). The Labute approximate surface area is 335 Å². The zero-order chi connectivity index (χ0) is 42.4. The van der Waals surface area contributed by atoms with Crippen molar-refractivity contribution in [3.8, 4) is 0 Å². The van der Waals surface area contributed by atoms with E-state index in [1.54, 1.807) is 0 Å². The van der Waals surface area contributed by atoms with E-state index in [0.717, 1.165) is 0 Å². The van der Waals surface area contributed by atoms with Crippen LogP contribution in [-0.2, 0) is 36.0 Å². The van der Waals surface area contributed by atoms with Gasteiger partial charge in [0, 0.05) is 0 Å². The van der Waals surface area contributed by atoms with Crippen molar-refractivity contribution in [2.75, 3.05) is 26.4 Å². The second kappa shape index (κ2) is 33.7. The topological polar surface area (TPSA) is 565 Å². The molecule has 0 fully saturated rings. The van der Waals surface area contributed by atoms with Crippen LogP contribution in [0.2, 0.25) is 0 Å². The molecule has 28 nitrogen and oxygen atoms in total. The van der Waals surface area contributed by atoms with Gasteiger partial charge in [-0.2, -0.15) is 0 Å². The third kappa shape index (κ3) is 25.0. The Morgan fingerprint density at radius 1 is 0.315 bits per heavy atom. The van der Waals surface area contributed by atoms with Crippen LogP contribution in [0.15, 0.2) is 0 Å². The summed E-state index contributed by atoms with van der Waals surface area (Å²) in [5, 5.41) is 214. The number of carbonyl (C=O) groups excluding carboxylic acids is 4. The first-order valence-corrected chi connectivity index (χ1v) is 13.8. The molecule has 0 saturated carbocycles. The van der Waals surface area contributed by atoms with Gasteiger partial charge in [-0.25, -0.2) is 0 Å². The van der Waals surface area contributed by atoms with Gasteiger partial charge in [0.15, 0.2) is 0 Å². The van der Waals surface area contributed by atoms with E-state index in [9.17, 15) is 39.6 Å². The molecule has 30 heteroatoms. The number of hydrogen-bond acceptors (Lipinski definition) is 28. The molecular formula is C24H44CoNaO28. The molecule has 0 radical (unpaired) electrons. The van der Waals surface area contributed by atoms with Gasteiger partial charge in [0.1, 0.15) is 97.7 Å². The number of carboxylic acid groups (broad SMARTS) is 4. The minimum atomic E-state index is -2.31. The summed E-state index contributed by atoms with van der Waals surface area (Å²) in [5.41, 5.74) is 0. The number of carboxylic acids is 4. The average molecular weight is 863 g/mol. The van der Waals surface area contributed by atoms with E-state index >= 15 is 0 Å². The molecule has 16 atom stereocenters. The summed E-state index contributed by atoms with van der Waals surface area (Å²) in [6, 6.07) is 0. The van der Waals surface area contributed by atoms with Gasteiger partial charge in [0.05, 0.1) is 50.3 Å². The second-order valence-electron chi connectivity index (χ2n) is 9.98. The number of aliphatic hydroxyl groups is 20. The van der Waals surface area contributed by atoms with Crippen LogP contribution in [0.5, 0.6) is 0 Å². The summed E-state index contributed by atoms with van der Waals surface area (Å²) in [7, 11) is 0. The quantitative estimate of drug-likeness (QED) is 0.0505. The number of aliphatic hydroxyl groups excluding tert-OH is 20. The first kappa shape index (κ1) is 64.5. The molecule has 20 N–H and O–H groups in total. The number of carbonyl (C=O) groups is 4. The van der Waals surface area contributed by atoms with Crippen molar-refractivity contribution in [2.24, 2.45) is 0 Å². The first-order chi connectivity index (χ1) is 23.7. The summed E-state index contributed by atoms with van der Waals surface area (Å²) in [6.07, 6.45) is -32.3. The van der Waals surface area contributed by atoms with Crippen LogP contribution >= 0.6 is 0 Å². The number of hydrogen-bond donors (Lipinski definition) is 20. The largest absolute Gasteiger partial charge is 3.00 e. The smallest absolute Gasteiger partial charge is 0.547 e. The van der Waals surface area contributed by atoms with Gasteiger partial charge in [-0.05, 0) is 0 Å². The van der Waals surface area contributed by atoms with Gasteiger partial charge in [0.25, 0.3) is 0 Å². The van der Waals surface area contributed by atoms with Gasteiger partial charge in [-0.3, -0.25) is 0 Å². The first-order valence-electron chi connectivity index (χ1n) is 13.8. The molecule has 0 unspecified atom stereocenters. The fraction of sp³-hybridized carbons (Fsp3) is 0.833. The third-order valence-electron chi connectivity index (χ3n) is 5.98. The van der Waals surface area contributed by atoms with Crippen molar-refractivity contribution >= 4 is 23.9 Å². The van der Waals surface area contributed by atoms with Crippen LogP contribution in [0, 0.1) is 0 Å². The van der Waals surface area contributed by atoms with E-state index in [0.29, 0.717) is 0 Å². The van der Waals surface area contributed by atoms with Gasteiger partial charge in [0.2, 0.25) is 0 Å². The summed E-state index contributed by atoms with van der Waals surface area (Å²) in [6.45, 7) is -3.45. The van der Waals surface area contributed by atoms with Gasteiger partial charge < -0.3 is 142 Å². The Balaban J connectivity index is -0.000000140. The predicted octanol–water partition coefficient (Wildman–Crippen LogP) is -22.3. The van der Waals surface area contributed by atoms with E-state index in [4.69, 9.17) is 102 Å². The molecular weight excluding hydrogens is 818 g/mol. The Bertz CT molecular complexity index is 848. The van der Waals surface area contributed by atoms with Crippen LogP contribution in [0.3, 0.4) is 0 Å². The Kier molecular flexibility index (Phi) is 40.2. The van der Waals surface area contributed by atoms with Crippen LogP contribution < -0.4 is 50.0 Å². The van der Waals surface area contributed by atoms with Gasteiger partial charge >= 0.3 is 46.3 Å². The van der Waals surface area contributed by atoms with Gasteiger partial charge in [-0.15, -0.1) is 0 Å². The van der Waals surface area contributed by atoms with Crippen LogP contribution in [0.1, 0.15) is 0 Å². The molecule has 0 aliphatic heterocycles. The van der Waals surface area contributed by atoms with Crippen molar-refractivity contribution in [3.05, 3.63) is 0 Å². The maximum absolute atomic E-state index is 9.98. The Morgan fingerprint density at radius 2 is 0.426 bits per heavy atom. The Morgan fingerprint density at radius 3 is 0.500 bits per heavy atom. The van der Waals surface area contributed by atoms with Crippen LogP contribution in [-0.4, -0.2) is 250 Å². The molecule has 0 aliphatic carbocycles. The molecule has 0 aromatic heterocycles. The predicted molar refractivity (Wildman–Crippen MR) is 144 cm³/mol. The minimum absolute atomic E-state index is 0. The normalized spacial score (nSPS) is 19.6. The molecule has 0 heterocycles. The molecule has 0 aromatic rings. The van der Waals surface area contributed by atoms with Crippen molar-refractivity contribution in [1.82, 2.24) is 0 Å². The maximum Gasteiger partial charge on any atom is 3.00 e. The van der Waals surface area contributed by atoms with Crippen LogP contribution in [0.4, 0.5) is 0 Å². The van der Waals surface area contributed by atoms with Gasteiger partial charge in [-0.1, -0.05) is 0 Å². The standard InChI is InChI=1S/4C6H12O7.Co.Na/c4*7-1-2(8)3(9)4(10)5(11)6(12)13;;/h4*2-5,7-11H,1H2,(H,12,13);;/q;;;;+3;+1/p-4/t4*2-,3-,4+,5-;;/m1111../s1. The van der Waals surface area contributed by atoms with E-state index in [2.05, 4.69) is 0 Å². The van der Waals surface area contributed by atoms with Crippen molar-refractivity contribution in [2.45, 2.75) is 97.7 Å². The van der Waals surface area contributed by atoms with Crippen molar-refractivity contribution < 1.29 is 188 Å². The molecule has 0 amide bonds. The van der Waals surface area contributed by atoms with Crippen molar-refractivity contribution in [3.63, 3.8) is 0 Å². The van der Waals surface area contributed by atoms with E-state index in [1.165, 1.54) is 0 Å². The fourth-order valence-corrected chi connectivity index (χ4v) is 2.65. The van der Waals surface area contributed by atoms with E-state index in [1.807, 2.05) is 0 Å². The minimum Gasteiger partial charge on any atom is -0.547 e. The second-order valence-corrected chi connectivity index (χ2v) is 9.98. The molecule has 318 valence electrons. The number of rotatable bonds is 20. The van der Waals surface area contributed by atoms with E-state index in [-0.39, 0.29) is 46.3 Å². The summed E-state index contributed by atoms with van der Waals surface area (Å²) < 4.78 is 0. The molecule has 0 aliphatic rings. The summed E-state index contributed by atoms with van der Waals surface area (Å²) in [5.74, 6) is -7.90. The maximum atomic E-state index is 9.98. The monoisotopic (exact) mass is 862 g/mol. The molecule has 0 spiro atoms. The molecule has 0 saturated heterocycles. The average Bonchev–Trinajstić information content (AvgIpc) is 3.12. The Hall–Kier alpha value is -1.41. The van der Waals surface area contributed by atoms with Crippen LogP contribution in [0.25, 0.3) is 0 Å². The fourth-order valence-electron chi connectivity index (χ4n) is 2.65. The third-order valence-corrected chi connectivity index (χ3v) is 5.98. The molecule has 0 bridgehead atoms. The zero-order valence-electron chi connectivity index (χ0n) is 27.6. The summed E-state index contributed by atoms with van der Waals surface area (Å²) >= 11 is 0. The summed E-state index contributed by atoms with van der Waals surface area (Å²) in [4.78, 5) is 39.9. The molecule has 0 aromatic carbocycles. The number of aliphatic carboxylic acids is 4. The SMILES string of the molecule is O=C([O-])[C@H](O)[C@@H](O)[C@H](O)[C@H](O)CO.O=C([O-])[C@H](O)[C@@H](O)[C@H](O)[C@H](O)CO.O=C([O-])[C@H](O)[C@@H](O)[C@H](O)[C@H](O)CO.O=C([O-])[C@H](O)[C@@H](O)[C@H](O)[C@H](O)CO.[Co+3].[Na+]. The van der Waals surface area contributed by atoms with E-state index < -0.39 is 148 Å². The zero-order valence-corrected chi connectivity index (χ0v) is 30.7. The molecule has 54 heavy (non-hydrogen) atoms. The van der Waals surface area contributed by atoms with Crippen molar-refractivity contribution in [1.29, 1.82) is 0 Å².